The summed E-state index contributed by atoms with van der Waals surface area (Å²) in [5.41, 5.74) is 1.96. The van der Waals surface area contributed by atoms with E-state index in [-0.39, 0.29) is 11.5 Å². The summed E-state index contributed by atoms with van der Waals surface area (Å²) in [5, 5.41) is 3.48. The molecule has 1 aromatic heterocycles. The van der Waals surface area contributed by atoms with Crippen LogP contribution >= 0.6 is 11.6 Å². The number of nitrogens with one attached hydrogen (secondary N) is 1. The molecule has 1 amide bonds. The van der Waals surface area contributed by atoms with Crippen molar-refractivity contribution < 1.29 is 9.53 Å². The predicted molar refractivity (Wildman–Crippen MR) is 123 cm³/mol. The van der Waals surface area contributed by atoms with Crippen LogP contribution in [0.1, 0.15) is 21.5 Å². The summed E-state index contributed by atoms with van der Waals surface area (Å²) in [4.78, 5) is 26.9. The van der Waals surface area contributed by atoms with Gasteiger partial charge < -0.3 is 19.5 Å². The van der Waals surface area contributed by atoms with Crippen LogP contribution < -0.4 is 15.6 Å². The number of ether oxygens (including phenoxy) is 1. The lowest BCUT2D eigenvalue weighted by Gasteiger charge is -2.12. The monoisotopic (exact) mass is 439 g/mol. The van der Waals surface area contributed by atoms with Gasteiger partial charge in [0, 0.05) is 30.4 Å². The van der Waals surface area contributed by atoms with Crippen molar-refractivity contribution >= 4 is 17.5 Å². The van der Waals surface area contributed by atoms with Gasteiger partial charge in [-0.3, -0.25) is 9.59 Å². The van der Waals surface area contributed by atoms with Crippen molar-refractivity contribution in [3.8, 4) is 5.75 Å². The third-order valence-corrected chi connectivity index (χ3v) is 5.07. The summed E-state index contributed by atoms with van der Waals surface area (Å²) in [6.45, 7) is 2.07. The molecular formula is C24H26ClN3O3. The van der Waals surface area contributed by atoms with Crippen molar-refractivity contribution in [1.29, 1.82) is 0 Å². The summed E-state index contributed by atoms with van der Waals surface area (Å²) in [6.07, 6.45) is 1.56. The van der Waals surface area contributed by atoms with Gasteiger partial charge in [0.15, 0.2) is 0 Å². The molecular weight excluding hydrogens is 414 g/mol. The number of nitrogens with zero attached hydrogens (tertiary/aromatic N) is 2. The lowest BCUT2D eigenvalue weighted by Crippen LogP contribution is -2.26. The van der Waals surface area contributed by atoms with Gasteiger partial charge in [-0.15, -0.1) is 0 Å². The van der Waals surface area contributed by atoms with Crippen molar-refractivity contribution in [1.82, 2.24) is 14.8 Å². The number of benzene rings is 2. The molecule has 3 aromatic rings. The van der Waals surface area contributed by atoms with E-state index in [0.717, 1.165) is 23.4 Å². The molecule has 0 atom stereocenters. The SMILES string of the molecule is CN(C)CCOc1cccc(CNC(=O)c2ccc(=O)n(Cc3ccccc3Cl)c2)c1. The van der Waals surface area contributed by atoms with E-state index >= 15 is 0 Å². The summed E-state index contributed by atoms with van der Waals surface area (Å²) >= 11 is 6.20. The van der Waals surface area contributed by atoms with Crippen LogP contribution in [-0.2, 0) is 13.1 Å². The van der Waals surface area contributed by atoms with E-state index in [1.165, 1.54) is 16.7 Å². The standard InChI is InChI=1S/C24H26ClN3O3/c1-27(2)12-13-31-21-8-5-6-18(14-21)15-26-24(30)20-10-11-23(29)28(17-20)16-19-7-3-4-9-22(19)25/h3-11,14,17H,12-13,15-16H2,1-2H3,(H,26,30). The van der Waals surface area contributed by atoms with E-state index in [4.69, 9.17) is 16.3 Å². The molecule has 2 aromatic carbocycles. The molecule has 0 aliphatic carbocycles. The molecule has 3 rings (SSSR count). The van der Waals surface area contributed by atoms with Crippen LogP contribution in [0.25, 0.3) is 0 Å². The number of halogens is 1. The molecule has 0 saturated heterocycles. The number of pyridine rings is 1. The van der Waals surface area contributed by atoms with E-state index in [2.05, 4.69) is 10.2 Å². The second-order valence-corrected chi connectivity index (χ2v) is 7.86. The number of aromatic nitrogens is 1. The number of carbonyl (C=O) groups is 1. The molecule has 1 heterocycles. The first kappa shape index (κ1) is 22.6. The molecule has 0 unspecified atom stereocenters. The molecule has 0 fully saturated rings. The maximum atomic E-state index is 12.6. The highest BCUT2D eigenvalue weighted by Gasteiger charge is 2.09. The highest BCUT2D eigenvalue weighted by atomic mass is 35.5. The molecule has 7 heteroatoms. The van der Waals surface area contributed by atoms with Crippen molar-refractivity contribution in [2.75, 3.05) is 27.2 Å². The average Bonchev–Trinajstić information content (AvgIpc) is 2.75. The topological polar surface area (TPSA) is 63.6 Å². The van der Waals surface area contributed by atoms with Crippen LogP contribution in [0.4, 0.5) is 0 Å². The van der Waals surface area contributed by atoms with Gasteiger partial charge in [-0.2, -0.15) is 0 Å². The lowest BCUT2D eigenvalue weighted by molar-refractivity contribution is 0.0950. The van der Waals surface area contributed by atoms with Gasteiger partial charge in [0.05, 0.1) is 12.1 Å². The number of amides is 1. The molecule has 0 radical (unpaired) electrons. The molecule has 0 spiro atoms. The summed E-state index contributed by atoms with van der Waals surface area (Å²) in [7, 11) is 3.99. The quantitative estimate of drug-likeness (QED) is 0.555. The van der Waals surface area contributed by atoms with Gasteiger partial charge in [0.2, 0.25) is 0 Å². The molecule has 6 nitrogen and oxygen atoms in total. The molecule has 0 aliphatic heterocycles. The number of rotatable bonds is 9. The summed E-state index contributed by atoms with van der Waals surface area (Å²) < 4.78 is 7.22. The molecule has 1 N–H and O–H groups in total. The van der Waals surface area contributed by atoms with E-state index in [0.29, 0.717) is 30.3 Å². The van der Waals surface area contributed by atoms with Gasteiger partial charge in [-0.1, -0.05) is 41.9 Å². The fourth-order valence-corrected chi connectivity index (χ4v) is 3.17. The van der Waals surface area contributed by atoms with Gasteiger partial charge in [0.25, 0.3) is 11.5 Å². The van der Waals surface area contributed by atoms with Gasteiger partial charge in [-0.25, -0.2) is 0 Å². The summed E-state index contributed by atoms with van der Waals surface area (Å²) in [6, 6.07) is 17.9. The third-order valence-electron chi connectivity index (χ3n) is 4.70. The molecule has 0 saturated carbocycles. The number of likely N-dealkylation sites (N-methyl/N-ethyl adjacent to an activating group) is 1. The summed E-state index contributed by atoms with van der Waals surface area (Å²) in [5.74, 6) is 0.508. The molecule has 0 bridgehead atoms. The smallest absolute Gasteiger partial charge is 0.253 e. The van der Waals surface area contributed by atoms with Gasteiger partial charge in [-0.05, 0) is 49.5 Å². The Hall–Kier alpha value is -3.09. The van der Waals surface area contributed by atoms with Crippen molar-refractivity contribution in [2.24, 2.45) is 0 Å². The van der Waals surface area contributed by atoms with Crippen molar-refractivity contribution in [3.05, 3.63) is 98.9 Å². The Morgan fingerprint density at radius 1 is 1.10 bits per heavy atom. The third kappa shape index (κ3) is 6.70. The fourth-order valence-electron chi connectivity index (χ4n) is 2.98. The van der Waals surface area contributed by atoms with Crippen LogP contribution in [0.15, 0.2) is 71.7 Å². The zero-order chi connectivity index (χ0) is 22.2. The first-order valence-corrected chi connectivity index (χ1v) is 10.4. The second-order valence-electron chi connectivity index (χ2n) is 7.46. The maximum absolute atomic E-state index is 12.6. The van der Waals surface area contributed by atoms with E-state index in [1.807, 2.05) is 56.6 Å². The van der Waals surface area contributed by atoms with Crippen LogP contribution in [0.3, 0.4) is 0 Å². The number of hydrogen-bond donors (Lipinski definition) is 1. The zero-order valence-corrected chi connectivity index (χ0v) is 18.4. The highest BCUT2D eigenvalue weighted by molar-refractivity contribution is 6.31. The molecule has 0 aliphatic rings. The fraction of sp³-hybridized carbons (Fsp3) is 0.250. The maximum Gasteiger partial charge on any atom is 0.253 e. The van der Waals surface area contributed by atoms with E-state index in [9.17, 15) is 9.59 Å². The Labute approximate surface area is 187 Å². The Morgan fingerprint density at radius 2 is 1.90 bits per heavy atom. The van der Waals surface area contributed by atoms with Crippen LogP contribution in [0, 0.1) is 0 Å². The molecule has 31 heavy (non-hydrogen) atoms. The second kappa shape index (κ2) is 10.8. The van der Waals surface area contributed by atoms with Crippen LogP contribution in [0.5, 0.6) is 5.75 Å². The van der Waals surface area contributed by atoms with Gasteiger partial charge >= 0.3 is 0 Å². The molecule has 162 valence electrons. The zero-order valence-electron chi connectivity index (χ0n) is 17.7. The Morgan fingerprint density at radius 3 is 2.68 bits per heavy atom. The Kier molecular flexibility index (Phi) is 7.87. The normalized spacial score (nSPS) is 10.8. The Balaban J connectivity index is 1.63. The average molecular weight is 440 g/mol. The predicted octanol–water partition coefficient (Wildman–Crippen LogP) is 3.42. The van der Waals surface area contributed by atoms with Gasteiger partial charge in [0.1, 0.15) is 12.4 Å². The number of hydrogen-bond acceptors (Lipinski definition) is 4. The van der Waals surface area contributed by atoms with Crippen molar-refractivity contribution in [3.63, 3.8) is 0 Å². The van der Waals surface area contributed by atoms with Crippen LogP contribution in [0.2, 0.25) is 5.02 Å². The largest absolute Gasteiger partial charge is 0.492 e. The minimum absolute atomic E-state index is 0.195. The van der Waals surface area contributed by atoms with Crippen molar-refractivity contribution in [2.45, 2.75) is 13.1 Å². The van der Waals surface area contributed by atoms with E-state index in [1.54, 1.807) is 12.3 Å². The Bertz CT molecular complexity index is 1100. The minimum atomic E-state index is -0.258. The number of carbonyl (C=O) groups excluding carboxylic acids is 1. The first-order chi connectivity index (χ1) is 14.9. The highest BCUT2D eigenvalue weighted by Crippen LogP contribution is 2.16. The lowest BCUT2D eigenvalue weighted by atomic mass is 10.2. The van der Waals surface area contributed by atoms with E-state index < -0.39 is 0 Å². The first-order valence-electron chi connectivity index (χ1n) is 10.0. The van der Waals surface area contributed by atoms with Crippen LogP contribution in [-0.4, -0.2) is 42.6 Å². The minimum Gasteiger partial charge on any atom is -0.492 e.